The molecule has 0 aliphatic rings. The van der Waals surface area contributed by atoms with Crippen molar-refractivity contribution in [3.05, 3.63) is 64.7 Å². The van der Waals surface area contributed by atoms with Crippen molar-refractivity contribution >= 4 is 29.5 Å². The van der Waals surface area contributed by atoms with Crippen LogP contribution in [0.2, 0.25) is 5.15 Å². The number of pyridine rings is 1. The summed E-state index contributed by atoms with van der Waals surface area (Å²) in [4.78, 5) is 15.0. The van der Waals surface area contributed by atoms with Crippen LogP contribution in [0.1, 0.15) is 11.1 Å². The van der Waals surface area contributed by atoms with Gasteiger partial charge in [0.05, 0.1) is 0 Å². The molecule has 0 N–H and O–H groups in total. The molecule has 0 spiro atoms. The van der Waals surface area contributed by atoms with E-state index in [1.54, 1.807) is 36.5 Å². The number of rotatable bonds is 3. The third-order valence-electron chi connectivity index (χ3n) is 2.40. The van der Waals surface area contributed by atoms with Crippen molar-refractivity contribution in [1.82, 2.24) is 4.98 Å². The van der Waals surface area contributed by atoms with Crippen molar-refractivity contribution < 1.29 is 9.18 Å². The first-order valence-electron chi connectivity index (χ1n) is 5.24. The van der Waals surface area contributed by atoms with Gasteiger partial charge in [0.25, 0.3) is 0 Å². The minimum Gasteiger partial charge on any atom is -0.298 e. The summed E-state index contributed by atoms with van der Waals surface area (Å²) in [5.41, 5.74) is 1.70. The molecule has 1 aromatic carbocycles. The maximum Gasteiger partial charge on any atom is 0.150 e. The molecule has 0 atom stereocenters. The van der Waals surface area contributed by atoms with Crippen LogP contribution < -0.4 is 0 Å². The molecule has 90 valence electrons. The lowest BCUT2D eigenvalue weighted by Crippen LogP contribution is -1.88. The number of carbonyl (C=O) groups is 1. The van der Waals surface area contributed by atoms with Crippen LogP contribution in [0.3, 0.4) is 0 Å². The zero-order valence-corrected chi connectivity index (χ0v) is 10.1. The van der Waals surface area contributed by atoms with Crippen LogP contribution in [0.15, 0.2) is 42.6 Å². The van der Waals surface area contributed by atoms with E-state index in [1.165, 1.54) is 12.1 Å². The molecule has 0 aliphatic carbocycles. The maximum absolute atomic E-state index is 12.8. The molecule has 2 nitrogen and oxygen atoms in total. The van der Waals surface area contributed by atoms with Gasteiger partial charge in [-0.05, 0) is 29.8 Å². The van der Waals surface area contributed by atoms with Gasteiger partial charge in [0.1, 0.15) is 11.0 Å². The Morgan fingerprint density at radius 3 is 2.56 bits per heavy atom. The van der Waals surface area contributed by atoms with Gasteiger partial charge in [-0.25, -0.2) is 9.37 Å². The number of hydrogen-bond donors (Lipinski definition) is 0. The molecule has 0 bridgehead atoms. The number of benzene rings is 1. The Morgan fingerprint density at radius 2 is 1.94 bits per heavy atom. The van der Waals surface area contributed by atoms with E-state index in [4.69, 9.17) is 11.6 Å². The lowest BCUT2D eigenvalue weighted by Gasteiger charge is -2.02. The number of allylic oxidation sites excluding steroid dienone is 1. The van der Waals surface area contributed by atoms with Gasteiger partial charge in [0, 0.05) is 17.3 Å². The highest BCUT2D eigenvalue weighted by Crippen LogP contribution is 2.20. The first kappa shape index (κ1) is 12.5. The van der Waals surface area contributed by atoms with E-state index in [0.717, 1.165) is 0 Å². The second kappa shape index (κ2) is 5.56. The van der Waals surface area contributed by atoms with Gasteiger partial charge in [-0.3, -0.25) is 4.79 Å². The van der Waals surface area contributed by atoms with Crippen LogP contribution in [-0.4, -0.2) is 11.3 Å². The highest BCUT2D eigenvalue weighted by atomic mass is 35.5. The quantitative estimate of drug-likeness (QED) is 0.480. The monoisotopic (exact) mass is 261 g/mol. The fraction of sp³-hybridized carbons (Fsp3) is 0. The third-order valence-corrected chi connectivity index (χ3v) is 2.72. The van der Waals surface area contributed by atoms with E-state index in [9.17, 15) is 9.18 Å². The van der Waals surface area contributed by atoms with Crippen LogP contribution in [-0.2, 0) is 4.79 Å². The molecule has 0 fully saturated rings. The molecule has 2 rings (SSSR count). The summed E-state index contributed by atoms with van der Waals surface area (Å²) in [6.45, 7) is 0. The fourth-order valence-corrected chi connectivity index (χ4v) is 1.68. The first-order valence-corrected chi connectivity index (χ1v) is 5.62. The molecule has 4 heteroatoms. The molecule has 18 heavy (non-hydrogen) atoms. The summed E-state index contributed by atoms with van der Waals surface area (Å²) in [6, 6.07) is 9.17. The summed E-state index contributed by atoms with van der Waals surface area (Å²) in [7, 11) is 0. The summed E-state index contributed by atoms with van der Waals surface area (Å²) in [5, 5.41) is 0.318. The Labute approximate surface area is 109 Å². The molecule has 0 unspecified atom stereocenters. The van der Waals surface area contributed by atoms with Gasteiger partial charge in [-0.2, -0.15) is 0 Å². The second-order valence-electron chi connectivity index (χ2n) is 3.61. The average molecular weight is 262 g/mol. The molecule has 0 amide bonds. The molecule has 0 saturated heterocycles. The highest BCUT2D eigenvalue weighted by Gasteiger charge is 2.03. The Bertz CT molecular complexity index is 593. The lowest BCUT2D eigenvalue weighted by atomic mass is 10.0. The summed E-state index contributed by atoms with van der Waals surface area (Å²) in [6.07, 6.45) is 3.89. The largest absolute Gasteiger partial charge is 0.298 e. The molecular weight excluding hydrogens is 253 g/mol. The van der Waals surface area contributed by atoms with Crippen LogP contribution in [0, 0.1) is 5.82 Å². The van der Waals surface area contributed by atoms with Crippen LogP contribution >= 0.6 is 11.6 Å². The van der Waals surface area contributed by atoms with Crippen molar-refractivity contribution in [3.63, 3.8) is 0 Å². The first-order chi connectivity index (χ1) is 8.70. The molecule has 2 aromatic rings. The Kier molecular flexibility index (Phi) is 3.85. The number of carbonyl (C=O) groups excluding carboxylic acids is 1. The van der Waals surface area contributed by atoms with Gasteiger partial charge in [-0.1, -0.05) is 29.8 Å². The minimum atomic E-state index is -0.344. The summed E-state index contributed by atoms with van der Waals surface area (Å²) in [5.74, 6) is -0.344. The van der Waals surface area contributed by atoms with E-state index in [2.05, 4.69) is 4.98 Å². The minimum absolute atomic E-state index is 0.318. The molecule has 0 radical (unpaired) electrons. The number of aldehydes is 1. The van der Waals surface area contributed by atoms with Crippen LogP contribution in [0.5, 0.6) is 0 Å². The summed E-state index contributed by atoms with van der Waals surface area (Å²) >= 11 is 5.91. The van der Waals surface area contributed by atoms with Gasteiger partial charge >= 0.3 is 0 Å². The van der Waals surface area contributed by atoms with Gasteiger partial charge < -0.3 is 0 Å². The van der Waals surface area contributed by atoms with Gasteiger partial charge in [-0.15, -0.1) is 0 Å². The van der Waals surface area contributed by atoms with Crippen molar-refractivity contribution in [2.45, 2.75) is 0 Å². The van der Waals surface area contributed by atoms with Crippen LogP contribution in [0.4, 0.5) is 4.39 Å². The normalized spacial score (nSPS) is 11.3. The van der Waals surface area contributed by atoms with Crippen molar-refractivity contribution in [3.8, 4) is 0 Å². The van der Waals surface area contributed by atoms with E-state index in [1.807, 2.05) is 0 Å². The maximum atomic E-state index is 12.8. The van der Waals surface area contributed by atoms with Crippen molar-refractivity contribution in [2.24, 2.45) is 0 Å². The summed E-state index contributed by atoms with van der Waals surface area (Å²) < 4.78 is 12.8. The standard InChI is InChI=1S/C14H9ClFNO/c15-14-11(2-1-7-17-14)8-12(9-18)10-3-5-13(16)6-4-10/h1-9H. The van der Waals surface area contributed by atoms with Crippen LogP contribution in [0.25, 0.3) is 11.6 Å². The molecule has 1 aromatic heterocycles. The van der Waals surface area contributed by atoms with Crippen molar-refractivity contribution in [1.29, 1.82) is 0 Å². The van der Waals surface area contributed by atoms with Gasteiger partial charge in [0.15, 0.2) is 6.29 Å². The van der Waals surface area contributed by atoms with E-state index >= 15 is 0 Å². The number of aromatic nitrogens is 1. The number of hydrogen-bond acceptors (Lipinski definition) is 2. The van der Waals surface area contributed by atoms with E-state index in [0.29, 0.717) is 28.1 Å². The fourth-order valence-electron chi connectivity index (χ4n) is 1.50. The Balaban J connectivity index is 2.43. The molecule has 0 aliphatic heterocycles. The second-order valence-corrected chi connectivity index (χ2v) is 3.97. The highest BCUT2D eigenvalue weighted by molar-refractivity contribution is 6.31. The molecule has 0 saturated carbocycles. The zero-order chi connectivity index (χ0) is 13.0. The predicted octanol–water partition coefficient (Wildman–Crippen LogP) is 3.61. The Morgan fingerprint density at radius 1 is 1.22 bits per heavy atom. The molecular formula is C14H9ClFNO. The topological polar surface area (TPSA) is 30.0 Å². The predicted molar refractivity (Wildman–Crippen MR) is 69.6 cm³/mol. The van der Waals surface area contributed by atoms with Crippen molar-refractivity contribution in [2.75, 3.05) is 0 Å². The lowest BCUT2D eigenvalue weighted by molar-refractivity contribution is -0.103. The van der Waals surface area contributed by atoms with E-state index in [-0.39, 0.29) is 5.82 Å². The number of halogens is 2. The van der Waals surface area contributed by atoms with E-state index < -0.39 is 0 Å². The zero-order valence-electron chi connectivity index (χ0n) is 9.31. The SMILES string of the molecule is O=CC(=Cc1cccnc1Cl)c1ccc(F)cc1. The smallest absolute Gasteiger partial charge is 0.150 e. The third kappa shape index (κ3) is 2.81. The average Bonchev–Trinajstić information content (AvgIpc) is 2.39. The van der Waals surface area contributed by atoms with Gasteiger partial charge in [0.2, 0.25) is 0 Å². The Hall–Kier alpha value is -2.00. The molecule has 1 heterocycles. The number of nitrogens with zero attached hydrogens (tertiary/aromatic N) is 1.